The first-order valence-corrected chi connectivity index (χ1v) is 19.1. The van der Waals surface area contributed by atoms with Crippen molar-refractivity contribution >= 4 is 33.3 Å². The van der Waals surface area contributed by atoms with Crippen molar-refractivity contribution < 1.29 is 46.1 Å². The van der Waals surface area contributed by atoms with E-state index in [0.29, 0.717) is 0 Å². The van der Waals surface area contributed by atoms with Gasteiger partial charge in [-0.25, -0.2) is 15.0 Å². The van der Waals surface area contributed by atoms with Gasteiger partial charge in [-0.3, -0.25) is 34.9 Å². The minimum Gasteiger partial charge on any atom is -0.452 e. The van der Waals surface area contributed by atoms with Crippen LogP contribution in [0.5, 0.6) is 0 Å². The predicted molar refractivity (Wildman–Crippen MR) is 237 cm³/mol. The van der Waals surface area contributed by atoms with Crippen LogP contribution in [0.4, 0.5) is 0 Å². The van der Waals surface area contributed by atoms with Crippen LogP contribution >= 0.6 is 11.3 Å². The Labute approximate surface area is 397 Å². The summed E-state index contributed by atoms with van der Waals surface area (Å²) >= 11 is 1.60. The van der Waals surface area contributed by atoms with Crippen molar-refractivity contribution in [2.45, 2.75) is 0 Å². The number of pyridine rings is 2. The Morgan fingerprint density at radius 3 is 1.39 bits per heavy atom. The molecule has 0 fully saturated rings. The molecule has 0 aliphatic heterocycles. The molecule has 0 atom stereocenters. The van der Waals surface area contributed by atoms with Crippen LogP contribution in [0.15, 0.2) is 259 Å². The Morgan fingerprint density at radius 1 is 0.422 bits per heavy atom. The molecule has 20 heteroatoms. The van der Waals surface area contributed by atoms with Crippen molar-refractivity contribution in [1.82, 2.24) is 75.2 Å². The van der Waals surface area contributed by atoms with Crippen molar-refractivity contribution in [1.29, 1.82) is 0 Å². The number of imidazole rings is 1. The molecule has 12 aromatic rings. The maximum atomic E-state index is 4.47. The molecular weight excluding hydrogens is 908 g/mol. The topological polar surface area (TPSA) is 234 Å². The number of rotatable bonds is 0. The Morgan fingerprint density at radius 2 is 1.06 bits per heavy atom. The van der Waals surface area contributed by atoms with Crippen molar-refractivity contribution in [3.05, 3.63) is 245 Å². The van der Waals surface area contributed by atoms with Gasteiger partial charge in [0, 0.05) is 118 Å². The molecule has 0 saturated heterocycles. The van der Waals surface area contributed by atoms with Crippen molar-refractivity contribution in [3.63, 3.8) is 0 Å². The maximum absolute atomic E-state index is 4.47. The second-order valence-electron chi connectivity index (χ2n) is 10.4. The summed E-state index contributed by atoms with van der Waals surface area (Å²) in [6, 6.07) is 29.1. The average Bonchev–Trinajstić information content (AvgIpc) is 4.25. The van der Waals surface area contributed by atoms with Gasteiger partial charge in [-0.2, -0.15) is 0 Å². The van der Waals surface area contributed by atoms with E-state index < -0.39 is 0 Å². The van der Waals surface area contributed by atoms with Gasteiger partial charge in [0.2, 0.25) is 12.8 Å². The Bertz CT molecular complexity index is 2000. The van der Waals surface area contributed by atoms with Gasteiger partial charge in [-0.05, 0) is 48.5 Å². The number of hydrogen-bond acceptors (Lipinski definition) is 18. The first-order chi connectivity index (χ1) is 31.4. The molecule has 18 nitrogen and oxygen atoms in total. The zero-order chi connectivity index (χ0) is 44.0. The first kappa shape index (κ1) is 52.1. The maximum Gasteiger partial charge on any atom is 0.203 e. The number of oxazole rings is 1. The van der Waals surface area contributed by atoms with Crippen molar-refractivity contribution in [3.8, 4) is 0 Å². The monoisotopic (exact) mass is 947 g/mol. The minimum absolute atomic E-state index is 0. The van der Waals surface area contributed by atoms with Crippen LogP contribution in [-0.4, -0.2) is 70.2 Å². The van der Waals surface area contributed by atoms with E-state index in [4.69, 9.17) is 0 Å². The summed E-state index contributed by atoms with van der Waals surface area (Å²) in [6.07, 6.45) is 36.8. The molecule has 0 aliphatic carbocycles. The molecule has 10 aromatic heterocycles. The standard InChI is InChI=1S/C9H7N.C8H6N2.C5H5N.2C4H4N2.C3H3N2.2C3H3NO.C3H3NS.C2H2N2O.Y/c1-2-6-9-8(4-1)5-3-7-10-9;1-2-4-8-7(3-1)9-5-6-10-8;1-2-4-6-5-3-1;1-2-6-4-3-5-1;1-2-5-4-6-3-1;2*1-2-5-3-4-1;1-2-4-5-3-1;1-2-5-3-4-1;1-3-4-2-5-1;/h1-7H;1-6H;1-5H;2*1-4H;4*1-3H;1-2H;/q;;;;;-1;;;;;. The van der Waals surface area contributed by atoms with E-state index in [0.717, 1.165) is 16.6 Å². The number of para-hydroxylation sites is 3. The summed E-state index contributed by atoms with van der Waals surface area (Å²) in [7, 11) is 0. The van der Waals surface area contributed by atoms with E-state index in [1.54, 1.807) is 122 Å². The second-order valence-corrected chi connectivity index (χ2v) is 11.1. The molecule has 0 bridgehead atoms. The van der Waals surface area contributed by atoms with Crippen LogP contribution < -0.4 is 4.98 Å². The number of benzene rings is 2. The summed E-state index contributed by atoms with van der Waals surface area (Å²) in [5.41, 5.74) is 4.75. The molecule has 319 valence electrons. The minimum atomic E-state index is 0. The fourth-order valence-corrected chi connectivity index (χ4v) is 3.95. The van der Waals surface area contributed by atoms with E-state index in [2.05, 4.69) is 101 Å². The molecule has 0 N–H and O–H groups in total. The van der Waals surface area contributed by atoms with Crippen LogP contribution in [0.25, 0.3) is 21.9 Å². The fraction of sp³-hybridized carbons (Fsp3) is 0. The van der Waals surface area contributed by atoms with Gasteiger partial charge < -0.3 is 23.3 Å². The Hall–Kier alpha value is -8.00. The van der Waals surface area contributed by atoms with Gasteiger partial charge in [-0.15, -0.1) is 21.5 Å². The van der Waals surface area contributed by atoms with Crippen LogP contribution in [0, 0.1) is 0 Å². The van der Waals surface area contributed by atoms with Gasteiger partial charge in [0.15, 0.2) is 6.39 Å². The van der Waals surface area contributed by atoms with Gasteiger partial charge in [0.25, 0.3) is 0 Å². The smallest absolute Gasteiger partial charge is 0.203 e. The number of nitrogens with zero attached hydrogens (tertiary/aromatic N) is 15. The van der Waals surface area contributed by atoms with Crippen LogP contribution in [0.3, 0.4) is 0 Å². The van der Waals surface area contributed by atoms with Crippen LogP contribution in [0.2, 0.25) is 0 Å². The fourth-order valence-electron chi connectivity index (χ4n) is 3.60. The zero-order valence-electron chi connectivity index (χ0n) is 34.0. The molecule has 1 radical (unpaired) electrons. The number of fused-ring (bicyclic) bond motifs is 2. The van der Waals surface area contributed by atoms with Crippen molar-refractivity contribution in [2.24, 2.45) is 0 Å². The summed E-state index contributed by atoms with van der Waals surface area (Å²) in [6.45, 7) is 0. The Kier molecular flexibility index (Phi) is 32.9. The van der Waals surface area contributed by atoms with Gasteiger partial charge in [0.1, 0.15) is 18.9 Å². The van der Waals surface area contributed by atoms with Crippen molar-refractivity contribution in [2.75, 3.05) is 0 Å². The molecule has 64 heavy (non-hydrogen) atoms. The first-order valence-electron chi connectivity index (χ1n) is 18.2. The third kappa shape index (κ3) is 30.1. The zero-order valence-corrected chi connectivity index (χ0v) is 37.7. The SMILES string of the molecule is [Y].c1c[n-]cn1.c1ccc2ncccc2c1.c1ccc2nccnc2c1.c1ccncc1.c1cnccn1.c1cncnc1.c1cnoc1.c1cocn1.c1cscn1.c1nnco1. The van der Waals surface area contributed by atoms with Crippen LogP contribution in [-0.2, 0) is 32.7 Å². The summed E-state index contributed by atoms with van der Waals surface area (Å²) in [5.74, 6) is 0. The molecular formula is C44H40N15O3SY-. The molecule has 10 heterocycles. The Balaban J connectivity index is 0.000000247. The molecule has 0 amide bonds. The average molecular weight is 948 g/mol. The van der Waals surface area contributed by atoms with E-state index in [1.807, 2.05) is 78.3 Å². The van der Waals surface area contributed by atoms with E-state index in [-0.39, 0.29) is 32.7 Å². The number of thiazole rings is 1. The molecule has 12 rings (SSSR count). The predicted octanol–water partition coefficient (Wildman–Crippen LogP) is 8.50. The third-order valence-electron chi connectivity index (χ3n) is 6.11. The number of aromatic nitrogens is 15. The van der Waals surface area contributed by atoms with Crippen LogP contribution in [0.1, 0.15) is 0 Å². The van der Waals surface area contributed by atoms with Gasteiger partial charge in [0.05, 0.1) is 34.5 Å². The van der Waals surface area contributed by atoms with E-state index in [9.17, 15) is 0 Å². The molecule has 2 aromatic carbocycles. The van der Waals surface area contributed by atoms with Gasteiger partial charge in [-0.1, -0.05) is 66.3 Å². The second kappa shape index (κ2) is 40.4. The number of hydrogen-bond donors (Lipinski definition) is 0. The summed E-state index contributed by atoms with van der Waals surface area (Å²) < 4.78 is 13.2. The third-order valence-corrected chi connectivity index (χ3v) is 6.63. The summed E-state index contributed by atoms with van der Waals surface area (Å²) in [5, 5.41) is 13.1. The largest absolute Gasteiger partial charge is 0.452 e. The quantitative estimate of drug-likeness (QED) is 0.139. The van der Waals surface area contributed by atoms with E-state index in [1.165, 1.54) is 49.7 Å². The molecule has 0 spiro atoms. The summed E-state index contributed by atoms with van der Waals surface area (Å²) in [4.78, 5) is 45.5. The molecule has 0 unspecified atom stereocenters. The normalized spacial score (nSPS) is 8.50. The van der Waals surface area contributed by atoms with Gasteiger partial charge >= 0.3 is 0 Å². The molecule has 0 saturated carbocycles. The molecule has 0 aliphatic rings. The van der Waals surface area contributed by atoms with E-state index >= 15 is 0 Å².